The summed E-state index contributed by atoms with van der Waals surface area (Å²) in [6.45, 7) is 2.04. The van der Waals surface area contributed by atoms with E-state index in [1.807, 2.05) is 30.3 Å². The van der Waals surface area contributed by atoms with Crippen molar-refractivity contribution >= 4 is 5.69 Å². The molecule has 1 aromatic heterocycles. The largest absolute Gasteiger partial charge is 0.491 e. The topological polar surface area (TPSA) is 52.5 Å². The normalized spacial score (nSPS) is 17.2. The van der Waals surface area contributed by atoms with Gasteiger partial charge >= 0.3 is 0 Å². The molecular weight excluding hydrogens is 292 g/mol. The fourth-order valence-electron chi connectivity index (χ4n) is 2.56. The van der Waals surface area contributed by atoms with E-state index in [0.29, 0.717) is 13.2 Å². The summed E-state index contributed by atoms with van der Waals surface area (Å²) in [5.74, 6) is 0.828. The van der Waals surface area contributed by atoms with E-state index in [9.17, 15) is 4.79 Å². The number of rotatable bonds is 6. The number of anilines is 1. The van der Waals surface area contributed by atoms with Crippen molar-refractivity contribution in [2.24, 2.45) is 7.05 Å². The van der Waals surface area contributed by atoms with Crippen molar-refractivity contribution < 1.29 is 9.47 Å². The predicted molar refractivity (Wildman–Crippen MR) is 89.9 cm³/mol. The average molecular weight is 314 g/mol. The highest BCUT2D eigenvalue weighted by atomic mass is 16.5. The van der Waals surface area contributed by atoms with Crippen molar-refractivity contribution in [3.05, 3.63) is 58.5 Å². The van der Waals surface area contributed by atoms with Gasteiger partial charge in [0.05, 0.1) is 6.10 Å². The highest BCUT2D eigenvalue weighted by Gasteiger charge is 2.15. The molecule has 0 amide bonds. The lowest BCUT2D eigenvalue weighted by Gasteiger charge is -2.13. The molecule has 0 bridgehead atoms. The molecule has 0 spiro atoms. The summed E-state index contributed by atoms with van der Waals surface area (Å²) in [5.41, 5.74) is 1.92. The first-order valence-corrected chi connectivity index (χ1v) is 7.94. The number of aromatic nitrogens is 1. The van der Waals surface area contributed by atoms with Crippen molar-refractivity contribution in [3.63, 3.8) is 0 Å². The molecule has 2 heterocycles. The van der Waals surface area contributed by atoms with Gasteiger partial charge in [0.2, 0.25) is 0 Å². The Kier molecular flexibility index (Phi) is 4.98. The van der Waals surface area contributed by atoms with Crippen LogP contribution in [-0.4, -0.2) is 23.9 Å². The van der Waals surface area contributed by atoms with Crippen molar-refractivity contribution in [1.82, 2.24) is 4.57 Å². The molecule has 5 heteroatoms. The fraction of sp³-hybridized carbons (Fsp3) is 0.389. The first kappa shape index (κ1) is 15.6. The van der Waals surface area contributed by atoms with E-state index < -0.39 is 0 Å². The standard InChI is InChI=1S/C18H22N2O3/c1-20-8-7-14(10-18(20)21)12-19-15-4-2-5-16(11-15)23-13-17-6-3-9-22-17/h2,4-5,7-8,10-11,17,19H,3,6,9,12-13H2,1H3. The van der Waals surface area contributed by atoms with Crippen LogP contribution in [0, 0.1) is 0 Å². The van der Waals surface area contributed by atoms with Crippen LogP contribution in [0.1, 0.15) is 18.4 Å². The highest BCUT2D eigenvalue weighted by molar-refractivity contribution is 5.48. The SMILES string of the molecule is Cn1ccc(CNc2cccc(OCC3CCCO3)c2)cc1=O. The molecule has 0 saturated carbocycles. The summed E-state index contributed by atoms with van der Waals surface area (Å²) >= 11 is 0. The van der Waals surface area contributed by atoms with Gasteiger partial charge in [-0.15, -0.1) is 0 Å². The first-order chi connectivity index (χ1) is 11.2. The minimum absolute atomic E-state index is 0.00190. The Morgan fingerprint density at radius 3 is 3.04 bits per heavy atom. The number of benzene rings is 1. The van der Waals surface area contributed by atoms with E-state index in [1.165, 1.54) is 0 Å². The predicted octanol–water partition coefficient (Wildman–Crippen LogP) is 2.56. The van der Waals surface area contributed by atoms with Crippen LogP contribution < -0.4 is 15.6 Å². The molecule has 1 saturated heterocycles. The maximum Gasteiger partial charge on any atom is 0.250 e. The van der Waals surface area contributed by atoms with Crippen molar-refractivity contribution in [2.75, 3.05) is 18.5 Å². The number of aryl methyl sites for hydroxylation is 1. The molecular formula is C18H22N2O3. The Hall–Kier alpha value is -2.27. The van der Waals surface area contributed by atoms with Gasteiger partial charge in [0.25, 0.3) is 5.56 Å². The zero-order valence-corrected chi connectivity index (χ0v) is 13.3. The van der Waals surface area contributed by atoms with Gasteiger partial charge in [0.15, 0.2) is 0 Å². The zero-order valence-electron chi connectivity index (χ0n) is 13.3. The third kappa shape index (κ3) is 4.36. The maximum absolute atomic E-state index is 11.6. The molecule has 1 atom stereocenters. The van der Waals surface area contributed by atoms with E-state index in [4.69, 9.17) is 9.47 Å². The summed E-state index contributed by atoms with van der Waals surface area (Å²) in [6, 6.07) is 11.4. The van der Waals surface area contributed by atoms with Gasteiger partial charge in [-0.05, 0) is 36.6 Å². The number of hydrogen-bond acceptors (Lipinski definition) is 4. The van der Waals surface area contributed by atoms with E-state index in [-0.39, 0.29) is 11.7 Å². The summed E-state index contributed by atoms with van der Waals surface area (Å²) in [5, 5.41) is 3.32. The van der Waals surface area contributed by atoms with Crippen molar-refractivity contribution in [1.29, 1.82) is 0 Å². The third-order valence-electron chi connectivity index (χ3n) is 3.96. The van der Waals surface area contributed by atoms with Crippen LogP contribution in [0.15, 0.2) is 47.4 Å². The van der Waals surface area contributed by atoms with E-state index in [2.05, 4.69) is 5.32 Å². The maximum atomic E-state index is 11.6. The van der Waals surface area contributed by atoms with Gasteiger partial charge in [-0.25, -0.2) is 0 Å². The second kappa shape index (κ2) is 7.33. The molecule has 122 valence electrons. The number of pyridine rings is 1. The number of hydrogen-bond donors (Lipinski definition) is 1. The Labute approximate surface area is 135 Å². The molecule has 1 aliphatic rings. The molecule has 5 nitrogen and oxygen atoms in total. The smallest absolute Gasteiger partial charge is 0.250 e. The van der Waals surface area contributed by atoms with E-state index in [1.54, 1.807) is 23.9 Å². The Morgan fingerprint density at radius 2 is 2.26 bits per heavy atom. The highest BCUT2D eigenvalue weighted by Crippen LogP contribution is 2.20. The fourth-order valence-corrected chi connectivity index (χ4v) is 2.56. The van der Waals surface area contributed by atoms with Crippen LogP contribution in [-0.2, 0) is 18.3 Å². The summed E-state index contributed by atoms with van der Waals surface area (Å²) < 4.78 is 12.9. The molecule has 0 aliphatic carbocycles. The first-order valence-electron chi connectivity index (χ1n) is 7.94. The van der Waals surface area contributed by atoms with Crippen LogP contribution in [0.2, 0.25) is 0 Å². The second-order valence-electron chi connectivity index (χ2n) is 5.81. The van der Waals surface area contributed by atoms with Crippen LogP contribution in [0.5, 0.6) is 5.75 Å². The van der Waals surface area contributed by atoms with Crippen LogP contribution in [0.4, 0.5) is 5.69 Å². The summed E-state index contributed by atoms with van der Waals surface area (Å²) in [7, 11) is 1.74. The number of ether oxygens (including phenoxy) is 2. The summed E-state index contributed by atoms with van der Waals surface area (Å²) in [6.07, 6.45) is 4.18. The van der Waals surface area contributed by atoms with Crippen LogP contribution >= 0.6 is 0 Å². The molecule has 23 heavy (non-hydrogen) atoms. The quantitative estimate of drug-likeness (QED) is 0.890. The molecule has 1 aromatic carbocycles. The van der Waals surface area contributed by atoms with Gasteiger partial charge < -0.3 is 19.4 Å². The third-order valence-corrected chi connectivity index (χ3v) is 3.96. The molecule has 3 rings (SSSR count). The lowest BCUT2D eigenvalue weighted by atomic mass is 10.2. The Morgan fingerprint density at radius 1 is 1.35 bits per heavy atom. The molecule has 1 fully saturated rings. The minimum Gasteiger partial charge on any atom is -0.491 e. The molecule has 1 N–H and O–H groups in total. The van der Waals surface area contributed by atoms with E-state index >= 15 is 0 Å². The lowest BCUT2D eigenvalue weighted by molar-refractivity contribution is 0.0680. The van der Waals surface area contributed by atoms with Gasteiger partial charge in [-0.3, -0.25) is 4.79 Å². The van der Waals surface area contributed by atoms with Gasteiger partial charge in [0, 0.05) is 44.2 Å². The van der Waals surface area contributed by atoms with Gasteiger partial charge in [-0.1, -0.05) is 6.07 Å². The Bertz CT molecular complexity index is 705. The van der Waals surface area contributed by atoms with Gasteiger partial charge in [0.1, 0.15) is 12.4 Å². The monoisotopic (exact) mass is 314 g/mol. The summed E-state index contributed by atoms with van der Waals surface area (Å²) in [4.78, 5) is 11.6. The second-order valence-corrected chi connectivity index (χ2v) is 5.81. The van der Waals surface area contributed by atoms with Crippen molar-refractivity contribution in [3.8, 4) is 5.75 Å². The average Bonchev–Trinajstić information content (AvgIpc) is 3.08. The lowest BCUT2D eigenvalue weighted by Crippen LogP contribution is -2.16. The van der Waals surface area contributed by atoms with Crippen LogP contribution in [0.3, 0.4) is 0 Å². The number of nitrogens with one attached hydrogen (secondary N) is 1. The molecule has 1 unspecified atom stereocenters. The van der Waals surface area contributed by atoms with E-state index in [0.717, 1.165) is 36.4 Å². The van der Waals surface area contributed by atoms with Crippen molar-refractivity contribution in [2.45, 2.75) is 25.5 Å². The minimum atomic E-state index is -0.00190. The Balaban J connectivity index is 1.56. The molecule has 1 aliphatic heterocycles. The zero-order chi connectivity index (χ0) is 16.1. The molecule has 2 aromatic rings. The van der Waals surface area contributed by atoms with Gasteiger partial charge in [-0.2, -0.15) is 0 Å². The number of nitrogens with zero attached hydrogens (tertiary/aromatic N) is 1. The van der Waals surface area contributed by atoms with Crippen LogP contribution in [0.25, 0.3) is 0 Å². The molecule has 0 radical (unpaired) electrons.